The molecule has 0 radical (unpaired) electrons. The highest BCUT2D eigenvalue weighted by Crippen LogP contribution is 2.18. The maximum atomic E-state index is 12.1. The molecule has 144 valence electrons. The molecule has 2 rings (SSSR count). The van der Waals surface area contributed by atoms with Crippen LogP contribution < -0.4 is 15.4 Å². The number of carbonyl (C=O) groups is 3. The van der Waals surface area contributed by atoms with Gasteiger partial charge in [0.1, 0.15) is 17.3 Å². The van der Waals surface area contributed by atoms with Crippen LogP contribution in [0.1, 0.15) is 31.4 Å². The second kappa shape index (κ2) is 9.42. The van der Waals surface area contributed by atoms with Crippen molar-refractivity contribution < 1.29 is 28.3 Å². The van der Waals surface area contributed by atoms with Gasteiger partial charge in [-0.05, 0) is 45.0 Å². The van der Waals surface area contributed by atoms with Crippen LogP contribution in [0, 0.1) is 6.92 Å². The van der Waals surface area contributed by atoms with Crippen molar-refractivity contribution in [3.8, 4) is 5.75 Å². The van der Waals surface area contributed by atoms with Gasteiger partial charge in [0, 0.05) is 11.8 Å². The summed E-state index contributed by atoms with van der Waals surface area (Å²) >= 11 is 0. The van der Waals surface area contributed by atoms with Gasteiger partial charge < -0.3 is 24.5 Å². The van der Waals surface area contributed by atoms with Gasteiger partial charge >= 0.3 is 17.8 Å². The molecular formula is C19H22N2O6. The topological polar surface area (TPSA) is 107 Å². The summed E-state index contributed by atoms with van der Waals surface area (Å²) in [6.07, 6.45) is 0. The van der Waals surface area contributed by atoms with E-state index >= 15 is 0 Å². The Balaban J connectivity index is 1.89. The molecule has 0 saturated carbocycles. The standard InChI is InChI=1S/C19H22N2O6/c1-4-25-17(22)11-26-15-7-5-6-14(10-15)21-19(24)18(23)20-13(3)16-9-8-12(2)27-16/h5-10,13H,4,11H2,1-3H3,(H,20,23)(H,21,24)/t13-/m1/s1. The first-order chi connectivity index (χ1) is 12.9. The minimum atomic E-state index is -0.826. The summed E-state index contributed by atoms with van der Waals surface area (Å²) < 4.78 is 15.5. The molecule has 2 amide bonds. The summed E-state index contributed by atoms with van der Waals surface area (Å²) in [5, 5.41) is 5.04. The van der Waals surface area contributed by atoms with Gasteiger partial charge in [0.15, 0.2) is 6.61 Å². The zero-order chi connectivity index (χ0) is 19.8. The van der Waals surface area contributed by atoms with Crippen LogP contribution in [-0.4, -0.2) is 31.0 Å². The zero-order valence-corrected chi connectivity index (χ0v) is 15.4. The summed E-state index contributed by atoms with van der Waals surface area (Å²) in [5.41, 5.74) is 0.359. The van der Waals surface area contributed by atoms with Crippen LogP contribution in [0.15, 0.2) is 40.8 Å². The molecule has 0 unspecified atom stereocenters. The Morgan fingerprint density at radius 2 is 1.93 bits per heavy atom. The summed E-state index contributed by atoms with van der Waals surface area (Å²) in [7, 11) is 0. The lowest BCUT2D eigenvalue weighted by Crippen LogP contribution is -2.36. The number of aryl methyl sites for hydroxylation is 1. The molecule has 0 saturated heterocycles. The monoisotopic (exact) mass is 374 g/mol. The van der Waals surface area contributed by atoms with Crippen molar-refractivity contribution in [3.05, 3.63) is 47.9 Å². The molecule has 1 heterocycles. The quantitative estimate of drug-likeness (QED) is 0.569. The third kappa shape index (κ3) is 6.18. The average molecular weight is 374 g/mol. The number of nitrogens with one attached hydrogen (secondary N) is 2. The zero-order valence-electron chi connectivity index (χ0n) is 15.4. The molecule has 2 N–H and O–H groups in total. The van der Waals surface area contributed by atoms with Crippen LogP contribution in [0.5, 0.6) is 5.75 Å². The van der Waals surface area contributed by atoms with E-state index in [0.717, 1.165) is 5.76 Å². The van der Waals surface area contributed by atoms with Crippen LogP contribution in [0.3, 0.4) is 0 Å². The fourth-order valence-electron chi connectivity index (χ4n) is 2.22. The molecule has 2 aromatic rings. The normalized spacial score (nSPS) is 11.4. The van der Waals surface area contributed by atoms with Gasteiger partial charge in [0.05, 0.1) is 12.6 Å². The van der Waals surface area contributed by atoms with Gasteiger partial charge in [-0.15, -0.1) is 0 Å². The van der Waals surface area contributed by atoms with E-state index < -0.39 is 23.8 Å². The molecule has 1 atom stereocenters. The largest absolute Gasteiger partial charge is 0.482 e. The number of amides is 2. The Labute approximate surface area is 156 Å². The number of rotatable bonds is 7. The van der Waals surface area contributed by atoms with Gasteiger partial charge in [0.2, 0.25) is 0 Å². The van der Waals surface area contributed by atoms with Gasteiger partial charge in [-0.2, -0.15) is 0 Å². The minimum absolute atomic E-state index is 0.244. The number of hydrogen-bond donors (Lipinski definition) is 2. The Morgan fingerprint density at radius 1 is 1.15 bits per heavy atom. The maximum absolute atomic E-state index is 12.1. The second-order valence-corrected chi connectivity index (χ2v) is 5.72. The van der Waals surface area contributed by atoms with Crippen molar-refractivity contribution in [2.24, 2.45) is 0 Å². The van der Waals surface area contributed by atoms with Crippen molar-refractivity contribution in [1.29, 1.82) is 0 Å². The molecule has 0 aliphatic heterocycles. The van der Waals surface area contributed by atoms with Crippen LogP contribution in [0.4, 0.5) is 5.69 Å². The predicted octanol–water partition coefficient (Wildman–Crippen LogP) is 2.35. The van der Waals surface area contributed by atoms with E-state index in [1.54, 1.807) is 51.1 Å². The van der Waals surface area contributed by atoms with Crippen molar-refractivity contribution >= 4 is 23.5 Å². The van der Waals surface area contributed by atoms with Crippen LogP contribution in [0.25, 0.3) is 0 Å². The number of anilines is 1. The molecule has 8 nitrogen and oxygen atoms in total. The van der Waals surface area contributed by atoms with Crippen LogP contribution in [0.2, 0.25) is 0 Å². The first-order valence-electron chi connectivity index (χ1n) is 8.45. The maximum Gasteiger partial charge on any atom is 0.344 e. The lowest BCUT2D eigenvalue weighted by molar-refractivity contribution is -0.145. The molecule has 1 aromatic carbocycles. The molecular weight excluding hydrogens is 352 g/mol. The van der Waals surface area contributed by atoms with Gasteiger partial charge in [-0.3, -0.25) is 9.59 Å². The number of esters is 1. The van der Waals surface area contributed by atoms with E-state index in [1.807, 2.05) is 0 Å². The molecule has 0 fully saturated rings. The Kier molecular flexibility index (Phi) is 6.99. The van der Waals surface area contributed by atoms with E-state index in [2.05, 4.69) is 10.6 Å². The number of ether oxygens (including phenoxy) is 2. The van der Waals surface area contributed by atoms with Crippen molar-refractivity contribution in [3.63, 3.8) is 0 Å². The Hall–Kier alpha value is -3.29. The molecule has 27 heavy (non-hydrogen) atoms. The third-order valence-corrected chi connectivity index (χ3v) is 3.50. The SMILES string of the molecule is CCOC(=O)COc1cccc(NC(=O)C(=O)N[C@H](C)c2ccc(C)o2)c1. The third-order valence-electron chi connectivity index (χ3n) is 3.50. The molecule has 8 heteroatoms. The van der Waals surface area contributed by atoms with E-state index in [4.69, 9.17) is 13.9 Å². The van der Waals surface area contributed by atoms with E-state index in [-0.39, 0.29) is 13.2 Å². The van der Waals surface area contributed by atoms with Gasteiger partial charge in [-0.1, -0.05) is 6.07 Å². The summed E-state index contributed by atoms with van der Waals surface area (Å²) in [6.45, 7) is 5.23. The number of hydrogen-bond acceptors (Lipinski definition) is 6. The van der Waals surface area contributed by atoms with E-state index in [0.29, 0.717) is 17.2 Å². The molecule has 0 bridgehead atoms. The number of carbonyl (C=O) groups excluding carboxylic acids is 3. The number of benzene rings is 1. The summed E-state index contributed by atoms with van der Waals surface area (Å²) in [4.78, 5) is 35.4. The second-order valence-electron chi connectivity index (χ2n) is 5.72. The fourth-order valence-corrected chi connectivity index (χ4v) is 2.22. The smallest absolute Gasteiger partial charge is 0.344 e. The highest BCUT2D eigenvalue weighted by molar-refractivity contribution is 6.39. The van der Waals surface area contributed by atoms with Crippen LogP contribution in [-0.2, 0) is 19.1 Å². The summed E-state index contributed by atoms with van der Waals surface area (Å²) in [5.74, 6) is -0.477. The Morgan fingerprint density at radius 3 is 2.59 bits per heavy atom. The molecule has 0 spiro atoms. The highest BCUT2D eigenvalue weighted by Gasteiger charge is 2.19. The van der Waals surface area contributed by atoms with Gasteiger partial charge in [-0.25, -0.2) is 4.79 Å². The highest BCUT2D eigenvalue weighted by atomic mass is 16.6. The van der Waals surface area contributed by atoms with E-state index in [9.17, 15) is 14.4 Å². The number of furan rings is 1. The van der Waals surface area contributed by atoms with Crippen molar-refractivity contribution in [2.45, 2.75) is 26.8 Å². The predicted molar refractivity (Wildman–Crippen MR) is 97.2 cm³/mol. The molecule has 1 aromatic heterocycles. The average Bonchev–Trinajstić information content (AvgIpc) is 3.07. The van der Waals surface area contributed by atoms with E-state index in [1.165, 1.54) is 6.07 Å². The van der Waals surface area contributed by atoms with Gasteiger partial charge in [0.25, 0.3) is 0 Å². The Bertz CT molecular complexity index is 814. The first kappa shape index (κ1) is 20.0. The minimum Gasteiger partial charge on any atom is -0.482 e. The lowest BCUT2D eigenvalue weighted by atomic mass is 10.2. The molecule has 0 aliphatic rings. The molecule has 0 aliphatic carbocycles. The van der Waals surface area contributed by atoms with Crippen molar-refractivity contribution in [1.82, 2.24) is 5.32 Å². The fraction of sp³-hybridized carbons (Fsp3) is 0.316. The lowest BCUT2D eigenvalue weighted by Gasteiger charge is -2.12. The van der Waals surface area contributed by atoms with Crippen molar-refractivity contribution in [2.75, 3.05) is 18.5 Å². The first-order valence-corrected chi connectivity index (χ1v) is 8.45. The van der Waals surface area contributed by atoms with Crippen LogP contribution >= 0.6 is 0 Å². The summed E-state index contributed by atoms with van der Waals surface area (Å²) in [6, 6.07) is 9.42.